The molecule has 0 bridgehead atoms. The van der Waals surface area contributed by atoms with E-state index in [1.54, 1.807) is 0 Å². The molecule has 0 spiro atoms. The third kappa shape index (κ3) is 3.23. The molecule has 1 aromatic heterocycles. The summed E-state index contributed by atoms with van der Waals surface area (Å²) in [5, 5.41) is 0. The topological polar surface area (TPSA) is 14.2 Å². The quantitative estimate of drug-likeness (QED) is 0.702. The monoisotopic (exact) mass is 243 g/mol. The van der Waals surface area contributed by atoms with E-state index in [1.165, 1.54) is 16.7 Å². The summed E-state index contributed by atoms with van der Waals surface area (Å²) in [4.78, 5) is 0. The van der Waals surface area contributed by atoms with Crippen molar-refractivity contribution >= 4 is 0 Å². The molecule has 2 rings (SSSR count). The highest BCUT2D eigenvalue weighted by Crippen LogP contribution is 2.23. The van der Waals surface area contributed by atoms with Crippen LogP contribution in [0.4, 0.5) is 0 Å². The van der Waals surface area contributed by atoms with Crippen LogP contribution in [0.5, 0.6) is 0 Å². The second-order valence-corrected chi connectivity index (χ2v) is 4.57. The molecule has 2 heteroatoms. The normalized spacial score (nSPS) is 10.8. The van der Waals surface area contributed by atoms with Crippen molar-refractivity contribution in [2.24, 2.45) is 0 Å². The largest absolute Gasteiger partial charge is 0.380 e. The number of aryl methyl sites for hydroxylation is 1. The molecule has 96 valence electrons. The number of hydrogen-bond donors (Lipinski definition) is 0. The molecule has 0 fully saturated rings. The van der Waals surface area contributed by atoms with Crippen LogP contribution < -0.4 is 0 Å². The lowest BCUT2D eigenvalue weighted by Gasteiger charge is -2.04. The number of ether oxygens (including phenoxy) is 1. The number of benzene rings is 1. The van der Waals surface area contributed by atoms with Gasteiger partial charge in [0.15, 0.2) is 0 Å². The average molecular weight is 243 g/mol. The van der Waals surface area contributed by atoms with Crippen molar-refractivity contribution in [3.05, 3.63) is 48.3 Å². The molecule has 0 saturated heterocycles. The van der Waals surface area contributed by atoms with Gasteiger partial charge in [-0.15, -0.1) is 0 Å². The van der Waals surface area contributed by atoms with E-state index in [0.717, 1.165) is 26.2 Å². The number of rotatable bonds is 6. The third-order valence-corrected chi connectivity index (χ3v) is 3.05. The lowest BCUT2D eigenvalue weighted by Crippen LogP contribution is -2.04. The van der Waals surface area contributed by atoms with Crippen LogP contribution >= 0.6 is 0 Å². The predicted molar refractivity (Wildman–Crippen MR) is 75.7 cm³/mol. The Morgan fingerprint density at radius 2 is 1.94 bits per heavy atom. The van der Waals surface area contributed by atoms with Crippen LogP contribution in [-0.2, 0) is 11.3 Å². The summed E-state index contributed by atoms with van der Waals surface area (Å²) < 4.78 is 7.70. The molecule has 0 saturated carbocycles. The second-order valence-electron chi connectivity index (χ2n) is 4.57. The van der Waals surface area contributed by atoms with E-state index in [-0.39, 0.29) is 0 Å². The Balaban J connectivity index is 2.00. The maximum absolute atomic E-state index is 5.50. The van der Waals surface area contributed by atoms with Crippen LogP contribution in [-0.4, -0.2) is 17.8 Å². The minimum absolute atomic E-state index is 0.787. The first-order valence-corrected chi connectivity index (χ1v) is 6.61. The van der Waals surface area contributed by atoms with Gasteiger partial charge in [-0.25, -0.2) is 0 Å². The van der Waals surface area contributed by atoms with E-state index >= 15 is 0 Å². The molecule has 18 heavy (non-hydrogen) atoms. The highest BCUT2D eigenvalue weighted by Gasteiger charge is 2.02. The summed E-state index contributed by atoms with van der Waals surface area (Å²) in [7, 11) is 0. The van der Waals surface area contributed by atoms with Gasteiger partial charge in [0.2, 0.25) is 0 Å². The van der Waals surface area contributed by atoms with Gasteiger partial charge in [0, 0.05) is 25.5 Å². The van der Waals surface area contributed by atoms with Crippen molar-refractivity contribution in [3.8, 4) is 11.1 Å². The lowest BCUT2D eigenvalue weighted by molar-refractivity contribution is 0.127. The summed E-state index contributed by atoms with van der Waals surface area (Å²) in [5.74, 6) is 0. The van der Waals surface area contributed by atoms with Crippen molar-refractivity contribution < 1.29 is 4.74 Å². The smallest absolute Gasteiger partial charge is 0.0645 e. The maximum Gasteiger partial charge on any atom is 0.0645 e. The van der Waals surface area contributed by atoms with Gasteiger partial charge < -0.3 is 9.30 Å². The molecule has 1 aromatic carbocycles. The second kappa shape index (κ2) is 6.41. The first-order valence-electron chi connectivity index (χ1n) is 6.61. The van der Waals surface area contributed by atoms with Gasteiger partial charge in [-0.2, -0.15) is 0 Å². The zero-order valence-electron chi connectivity index (χ0n) is 11.2. The molecule has 2 aromatic rings. The molecular formula is C16H21NO. The standard InChI is InChI=1S/C16H21NO/c1-3-11-18-12-10-17-9-8-15(13-17)16-7-5-4-6-14(16)2/h4-9,13H,3,10-12H2,1-2H3. The fraction of sp³-hybridized carbons (Fsp3) is 0.375. The van der Waals surface area contributed by atoms with Gasteiger partial charge in [-0.3, -0.25) is 0 Å². The summed E-state index contributed by atoms with van der Waals surface area (Å²) in [6, 6.07) is 10.7. The molecule has 0 atom stereocenters. The van der Waals surface area contributed by atoms with Gasteiger partial charge in [-0.05, 0) is 36.1 Å². The zero-order chi connectivity index (χ0) is 12.8. The molecule has 0 amide bonds. The molecule has 0 aliphatic carbocycles. The van der Waals surface area contributed by atoms with E-state index in [1.807, 2.05) is 0 Å². The highest BCUT2D eigenvalue weighted by atomic mass is 16.5. The van der Waals surface area contributed by atoms with Gasteiger partial charge in [0.1, 0.15) is 0 Å². The minimum Gasteiger partial charge on any atom is -0.380 e. The highest BCUT2D eigenvalue weighted by molar-refractivity contribution is 5.66. The fourth-order valence-corrected chi connectivity index (χ4v) is 2.05. The maximum atomic E-state index is 5.50. The molecule has 0 aliphatic rings. The van der Waals surface area contributed by atoms with E-state index in [2.05, 4.69) is 61.1 Å². The zero-order valence-corrected chi connectivity index (χ0v) is 11.2. The number of aromatic nitrogens is 1. The molecule has 0 N–H and O–H groups in total. The van der Waals surface area contributed by atoms with Gasteiger partial charge in [-0.1, -0.05) is 31.2 Å². The van der Waals surface area contributed by atoms with E-state index in [0.29, 0.717) is 0 Å². The fourth-order valence-electron chi connectivity index (χ4n) is 2.05. The summed E-state index contributed by atoms with van der Waals surface area (Å²) in [6.45, 7) is 6.84. The van der Waals surface area contributed by atoms with E-state index < -0.39 is 0 Å². The summed E-state index contributed by atoms with van der Waals surface area (Å²) in [6.07, 6.45) is 5.40. The van der Waals surface area contributed by atoms with Crippen LogP contribution in [0.3, 0.4) is 0 Å². The third-order valence-electron chi connectivity index (χ3n) is 3.05. The molecule has 0 aliphatic heterocycles. The van der Waals surface area contributed by atoms with Crippen LogP contribution in [0.25, 0.3) is 11.1 Å². The molecule has 0 radical (unpaired) electrons. The Morgan fingerprint density at radius 3 is 2.72 bits per heavy atom. The average Bonchev–Trinajstić information content (AvgIpc) is 2.84. The minimum atomic E-state index is 0.787. The van der Waals surface area contributed by atoms with Crippen molar-refractivity contribution in [2.45, 2.75) is 26.8 Å². The molecule has 0 unspecified atom stereocenters. The van der Waals surface area contributed by atoms with Crippen molar-refractivity contribution in [1.82, 2.24) is 4.57 Å². The van der Waals surface area contributed by atoms with Gasteiger partial charge >= 0.3 is 0 Å². The Bertz CT molecular complexity index is 487. The number of nitrogens with zero attached hydrogens (tertiary/aromatic N) is 1. The van der Waals surface area contributed by atoms with E-state index in [4.69, 9.17) is 4.74 Å². The predicted octanol–water partition coefficient (Wildman–Crippen LogP) is 3.89. The SMILES string of the molecule is CCCOCCn1ccc(-c2ccccc2C)c1. The molecular weight excluding hydrogens is 222 g/mol. The summed E-state index contributed by atoms with van der Waals surface area (Å²) >= 11 is 0. The van der Waals surface area contributed by atoms with Crippen LogP contribution in [0.15, 0.2) is 42.7 Å². The van der Waals surface area contributed by atoms with Crippen molar-refractivity contribution in [2.75, 3.05) is 13.2 Å². The Kier molecular flexibility index (Phi) is 4.59. The first-order chi connectivity index (χ1) is 8.81. The van der Waals surface area contributed by atoms with Crippen molar-refractivity contribution in [3.63, 3.8) is 0 Å². The van der Waals surface area contributed by atoms with E-state index in [9.17, 15) is 0 Å². The molecule has 2 nitrogen and oxygen atoms in total. The van der Waals surface area contributed by atoms with Gasteiger partial charge in [0.25, 0.3) is 0 Å². The Labute approximate surface area is 109 Å². The van der Waals surface area contributed by atoms with Crippen LogP contribution in [0.1, 0.15) is 18.9 Å². The molecule has 1 heterocycles. The van der Waals surface area contributed by atoms with Crippen molar-refractivity contribution in [1.29, 1.82) is 0 Å². The Morgan fingerprint density at radius 1 is 1.11 bits per heavy atom. The van der Waals surface area contributed by atoms with Gasteiger partial charge in [0.05, 0.1) is 6.61 Å². The van der Waals surface area contributed by atoms with Crippen LogP contribution in [0, 0.1) is 6.92 Å². The summed E-state index contributed by atoms with van der Waals surface area (Å²) in [5.41, 5.74) is 3.91. The Hall–Kier alpha value is -1.54. The lowest BCUT2D eigenvalue weighted by atomic mass is 10.0. The van der Waals surface area contributed by atoms with Crippen LogP contribution in [0.2, 0.25) is 0 Å². The number of hydrogen-bond acceptors (Lipinski definition) is 1. The first kappa shape index (κ1) is 12.9.